The van der Waals surface area contributed by atoms with Crippen LogP contribution in [0.4, 0.5) is 5.69 Å². The van der Waals surface area contributed by atoms with Crippen molar-refractivity contribution in [3.05, 3.63) is 28.8 Å². The van der Waals surface area contributed by atoms with Gasteiger partial charge in [0.25, 0.3) is 0 Å². The van der Waals surface area contributed by atoms with Crippen LogP contribution in [0, 0.1) is 0 Å². The average molecular weight is 423 g/mol. The molecular formula is C24H37ClNO3. The van der Waals surface area contributed by atoms with Crippen LogP contribution in [0.3, 0.4) is 0 Å². The van der Waals surface area contributed by atoms with Gasteiger partial charge in [-0.05, 0) is 24.6 Å². The molecule has 1 N–H and O–H groups in total. The highest BCUT2D eigenvalue weighted by atomic mass is 35.5. The third-order valence-electron chi connectivity index (χ3n) is 5.12. The van der Waals surface area contributed by atoms with Crippen LogP contribution in [0.2, 0.25) is 5.02 Å². The number of benzene rings is 1. The number of carbonyl (C=O) groups is 1. The van der Waals surface area contributed by atoms with Gasteiger partial charge in [-0.15, -0.1) is 0 Å². The minimum atomic E-state index is -0.398. The number of amides is 1. The van der Waals surface area contributed by atoms with E-state index in [4.69, 9.17) is 16.3 Å². The summed E-state index contributed by atoms with van der Waals surface area (Å²) < 4.78 is 5.30. The quantitative estimate of drug-likeness (QED) is 0.152. The van der Waals surface area contributed by atoms with Crippen molar-refractivity contribution in [1.29, 1.82) is 0 Å². The molecule has 1 radical (unpaired) electrons. The number of ether oxygens (including phenoxy) is 1. The van der Waals surface area contributed by atoms with Crippen molar-refractivity contribution in [2.24, 2.45) is 0 Å². The molecule has 5 heteroatoms. The van der Waals surface area contributed by atoms with Crippen molar-refractivity contribution in [1.82, 2.24) is 0 Å². The van der Waals surface area contributed by atoms with Crippen molar-refractivity contribution < 1.29 is 14.3 Å². The molecule has 0 unspecified atom stereocenters. The van der Waals surface area contributed by atoms with Crippen molar-refractivity contribution in [2.45, 2.75) is 96.8 Å². The summed E-state index contributed by atoms with van der Waals surface area (Å²) in [5.74, 6) is -0.398. The van der Waals surface area contributed by atoms with Gasteiger partial charge in [-0.2, -0.15) is 0 Å². The van der Waals surface area contributed by atoms with E-state index in [1.54, 1.807) is 18.5 Å². The van der Waals surface area contributed by atoms with Crippen molar-refractivity contribution in [3.63, 3.8) is 0 Å². The fourth-order valence-electron chi connectivity index (χ4n) is 3.35. The van der Waals surface area contributed by atoms with Gasteiger partial charge in [0.05, 0.1) is 22.9 Å². The topological polar surface area (TPSA) is 55.4 Å². The lowest BCUT2D eigenvalue weighted by Gasteiger charge is -2.07. The van der Waals surface area contributed by atoms with Crippen LogP contribution in [-0.4, -0.2) is 19.0 Å². The fraction of sp³-hybridized carbons (Fsp3) is 0.667. The first kappa shape index (κ1) is 25.5. The Labute approximate surface area is 181 Å². The van der Waals surface area contributed by atoms with Crippen LogP contribution in [0.1, 0.15) is 107 Å². The molecular weight excluding hydrogens is 386 g/mol. The number of halogens is 1. The van der Waals surface area contributed by atoms with E-state index in [1.807, 2.05) is 0 Å². The molecule has 1 aromatic rings. The van der Waals surface area contributed by atoms with Gasteiger partial charge >= 0.3 is 12.4 Å². The van der Waals surface area contributed by atoms with Crippen LogP contribution in [0.25, 0.3) is 0 Å². The van der Waals surface area contributed by atoms with Crippen molar-refractivity contribution in [2.75, 3.05) is 11.9 Å². The zero-order valence-electron chi connectivity index (χ0n) is 17.9. The van der Waals surface area contributed by atoms with Crippen molar-refractivity contribution >= 4 is 29.7 Å². The Morgan fingerprint density at radius 2 is 1.41 bits per heavy atom. The maximum absolute atomic E-state index is 12.1. The number of hydrogen-bond donors (Lipinski definition) is 1. The molecule has 0 spiro atoms. The SMILES string of the molecule is CCCCCCCCCCCCCCCCOC(=O)c1ccc(Cl)c(N[C]=O)c1. The van der Waals surface area contributed by atoms with E-state index in [1.165, 1.54) is 83.1 Å². The first-order valence-electron chi connectivity index (χ1n) is 11.3. The van der Waals surface area contributed by atoms with E-state index >= 15 is 0 Å². The first-order chi connectivity index (χ1) is 14.2. The molecule has 0 saturated heterocycles. The van der Waals surface area contributed by atoms with Gasteiger partial charge < -0.3 is 10.1 Å². The second kappa shape index (κ2) is 17.3. The Balaban J connectivity index is 1.96. The second-order valence-corrected chi connectivity index (χ2v) is 8.06. The minimum Gasteiger partial charge on any atom is -0.462 e. The number of anilines is 1. The predicted molar refractivity (Wildman–Crippen MR) is 121 cm³/mol. The zero-order chi connectivity index (χ0) is 21.2. The Hall–Kier alpha value is -1.55. The molecule has 0 aliphatic rings. The summed E-state index contributed by atoms with van der Waals surface area (Å²) in [5, 5.41) is 2.71. The molecule has 1 amide bonds. The normalized spacial score (nSPS) is 10.7. The lowest BCUT2D eigenvalue weighted by molar-refractivity contribution is 0.0497. The summed E-state index contributed by atoms with van der Waals surface area (Å²) in [6.45, 7) is 2.68. The lowest BCUT2D eigenvalue weighted by Crippen LogP contribution is -2.07. The molecule has 1 aromatic carbocycles. The second-order valence-electron chi connectivity index (χ2n) is 7.65. The van der Waals surface area contributed by atoms with Gasteiger partial charge in [-0.3, -0.25) is 4.79 Å². The Morgan fingerprint density at radius 1 is 0.897 bits per heavy atom. The Bertz CT molecular complexity index is 577. The molecule has 0 aromatic heterocycles. The molecule has 0 bridgehead atoms. The molecule has 1 rings (SSSR count). The Morgan fingerprint density at radius 3 is 1.93 bits per heavy atom. The molecule has 0 heterocycles. The number of rotatable bonds is 18. The average Bonchev–Trinajstić information content (AvgIpc) is 2.72. The smallest absolute Gasteiger partial charge is 0.338 e. The van der Waals surface area contributed by atoms with E-state index in [2.05, 4.69) is 12.2 Å². The molecule has 0 saturated carbocycles. The molecule has 0 fully saturated rings. The number of carbonyl (C=O) groups excluding carboxylic acids is 2. The molecule has 29 heavy (non-hydrogen) atoms. The molecule has 4 nitrogen and oxygen atoms in total. The third-order valence-corrected chi connectivity index (χ3v) is 5.45. The van der Waals surface area contributed by atoms with Crippen LogP contribution < -0.4 is 5.32 Å². The monoisotopic (exact) mass is 422 g/mol. The highest BCUT2D eigenvalue weighted by molar-refractivity contribution is 6.33. The maximum atomic E-state index is 12.1. The van der Waals surface area contributed by atoms with Crippen LogP contribution in [-0.2, 0) is 9.53 Å². The van der Waals surface area contributed by atoms with Gasteiger partial charge in [-0.25, -0.2) is 4.79 Å². The Kier molecular flexibility index (Phi) is 15.2. The maximum Gasteiger partial charge on any atom is 0.338 e. The summed E-state index contributed by atoms with van der Waals surface area (Å²) in [6, 6.07) is 4.65. The molecule has 0 aliphatic carbocycles. The number of hydrogen-bond acceptors (Lipinski definition) is 3. The number of unbranched alkanes of at least 4 members (excludes halogenated alkanes) is 13. The molecule has 0 aliphatic heterocycles. The molecule has 163 valence electrons. The molecule has 0 atom stereocenters. The van der Waals surface area contributed by atoms with Gasteiger partial charge in [0.2, 0.25) is 0 Å². The summed E-state index contributed by atoms with van der Waals surface area (Å²) in [7, 11) is 0. The van der Waals surface area contributed by atoms with E-state index in [0.717, 1.165) is 12.8 Å². The van der Waals surface area contributed by atoms with E-state index in [-0.39, 0.29) is 0 Å². The van der Waals surface area contributed by atoms with Gasteiger partial charge in [0, 0.05) is 0 Å². The highest BCUT2D eigenvalue weighted by Gasteiger charge is 2.10. The number of nitrogens with one attached hydrogen (secondary N) is 1. The predicted octanol–water partition coefficient (Wildman–Crippen LogP) is 7.46. The minimum absolute atomic E-state index is 0.354. The summed E-state index contributed by atoms with van der Waals surface area (Å²) >= 11 is 5.93. The van der Waals surface area contributed by atoms with Crippen LogP contribution in [0.15, 0.2) is 18.2 Å². The zero-order valence-corrected chi connectivity index (χ0v) is 18.7. The van der Waals surface area contributed by atoms with Crippen molar-refractivity contribution in [3.8, 4) is 0 Å². The third kappa shape index (κ3) is 12.6. The van der Waals surface area contributed by atoms with Crippen LogP contribution >= 0.6 is 11.6 Å². The van der Waals surface area contributed by atoms with E-state index in [0.29, 0.717) is 22.9 Å². The van der Waals surface area contributed by atoms with Gasteiger partial charge in [-0.1, -0.05) is 102 Å². The van der Waals surface area contributed by atoms with Gasteiger partial charge in [0.1, 0.15) is 0 Å². The lowest BCUT2D eigenvalue weighted by atomic mass is 10.0. The fourth-order valence-corrected chi connectivity index (χ4v) is 3.51. The summed E-state index contributed by atoms with van der Waals surface area (Å²) in [4.78, 5) is 22.5. The van der Waals surface area contributed by atoms with E-state index < -0.39 is 5.97 Å². The first-order valence-corrected chi connectivity index (χ1v) is 11.7. The summed E-state index contributed by atoms with van der Waals surface area (Å²) in [5.41, 5.74) is 0.727. The number of esters is 1. The van der Waals surface area contributed by atoms with Gasteiger partial charge in [0.15, 0.2) is 0 Å². The largest absolute Gasteiger partial charge is 0.462 e. The van der Waals surface area contributed by atoms with Crippen LogP contribution in [0.5, 0.6) is 0 Å². The van der Waals surface area contributed by atoms with E-state index in [9.17, 15) is 9.59 Å². The standard InChI is InChI=1S/C24H37ClNO3/c1-2-3-4-5-6-7-8-9-10-11-12-13-14-15-18-29-24(28)21-16-17-22(25)23(19-21)26-20-27/h16-17,19H,2-15,18H2,1H3,(H,26,27). The summed E-state index contributed by atoms with van der Waals surface area (Å²) in [6.07, 6.45) is 19.7. The highest BCUT2D eigenvalue weighted by Crippen LogP contribution is 2.23.